The summed E-state index contributed by atoms with van der Waals surface area (Å²) in [6.45, 7) is 3.06. The van der Waals surface area contributed by atoms with Gasteiger partial charge >= 0.3 is 0 Å². The average Bonchev–Trinajstić information content (AvgIpc) is 3.17. The van der Waals surface area contributed by atoms with Gasteiger partial charge in [0.1, 0.15) is 5.82 Å². The predicted octanol–water partition coefficient (Wildman–Crippen LogP) is 2.12. The first kappa shape index (κ1) is 19.2. The lowest BCUT2D eigenvalue weighted by Gasteiger charge is -2.27. The minimum absolute atomic E-state index is 0.101. The molecule has 4 bridgehead atoms. The molecule has 3 heterocycles. The fourth-order valence-electron chi connectivity index (χ4n) is 3.51. The van der Waals surface area contributed by atoms with Crippen molar-refractivity contribution in [1.29, 1.82) is 0 Å². The second kappa shape index (κ2) is 8.48. The molecule has 1 aromatic carbocycles. The molecule has 29 heavy (non-hydrogen) atoms. The number of nitrogens with zero attached hydrogens (tertiary/aromatic N) is 5. The summed E-state index contributed by atoms with van der Waals surface area (Å²) in [5.41, 5.74) is 3.97. The van der Waals surface area contributed by atoms with E-state index in [0.29, 0.717) is 32.7 Å². The summed E-state index contributed by atoms with van der Waals surface area (Å²) in [5.74, 6) is 0.873. The fourth-order valence-corrected chi connectivity index (χ4v) is 3.51. The standard InChI is InChI=1S/C21H26N6O2/c1-25-11-12-26(20(28)7-13-29-2)10-8-22-19-6-9-27-21(24-19)18(15-23-27)16-4-3-5-17(25)14-16/h3-6,9,14-15H,7-8,10-13H2,1-2H3,(H,22,24). The van der Waals surface area contributed by atoms with Crippen LogP contribution in [0.2, 0.25) is 0 Å². The summed E-state index contributed by atoms with van der Waals surface area (Å²) in [5, 5.41) is 7.78. The number of likely N-dealkylation sites (N-methyl/N-ethyl adjacent to an activating group) is 1. The monoisotopic (exact) mass is 394 g/mol. The van der Waals surface area contributed by atoms with Gasteiger partial charge in [-0.1, -0.05) is 12.1 Å². The van der Waals surface area contributed by atoms with Gasteiger partial charge in [0, 0.05) is 57.8 Å². The van der Waals surface area contributed by atoms with Gasteiger partial charge in [-0.3, -0.25) is 4.79 Å². The van der Waals surface area contributed by atoms with E-state index < -0.39 is 0 Å². The average molecular weight is 394 g/mol. The van der Waals surface area contributed by atoms with E-state index in [1.54, 1.807) is 11.6 Å². The zero-order valence-electron chi connectivity index (χ0n) is 16.8. The summed E-state index contributed by atoms with van der Waals surface area (Å²) >= 11 is 0. The number of anilines is 2. The molecule has 0 saturated carbocycles. The Morgan fingerprint density at radius 3 is 3.00 bits per heavy atom. The third-order valence-electron chi connectivity index (χ3n) is 5.23. The Kier molecular flexibility index (Phi) is 5.62. The Morgan fingerprint density at radius 1 is 1.24 bits per heavy atom. The highest BCUT2D eigenvalue weighted by molar-refractivity contribution is 5.80. The Bertz CT molecular complexity index is 1000. The van der Waals surface area contributed by atoms with Gasteiger partial charge in [0.2, 0.25) is 5.91 Å². The number of rotatable bonds is 3. The van der Waals surface area contributed by atoms with Gasteiger partial charge in [0.25, 0.3) is 0 Å². The molecule has 152 valence electrons. The highest BCUT2D eigenvalue weighted by Crippen LogP contribution is 2.27. The second-order valence-electron chi connectivity index (χ2n) is 7.16. The smallest absolute Gasteiger partial charge is 0.225 e. The highest BCUT2D eigenvalue weighted by atomic mass is 16.5. The van der Waals surface area contributed by atoms with Crippen molar-refractivity contribution >= 4 is 23.1 Å². The summed E-state index contributed by atoms with van der Waals surface area (Å²) in [7, 11) is 3.67. The molecule has 1 N–H and O–H groups in total. The largest absolute Gasteiger partial charge is 0.384 e. The van der Waals surface area contributed by atoms with Gasteiger partial charge in [0.05, 0.1) is 19.2 Å². The van der Waals surface area contributed by atoms with Crippen LogP contribution in [0.15, 0.2) is 42.7 Å². The topological polar surface area (TPSA) is 75.0 Å². The van der Waals surface area contributed by atoms with E-state index in [-0.39, 0.29) is 5.91 Å². The van der Waals surface area contributed by atoms with Crippen molar-refractivity contribution in [3.05, 3.63) is 42.7 Å². The van der Waals surface area contributed by atoms with E-state index in [4.69, 9.17) is 9.72 Å². The van der Waals surface area contributed by atoms with Crippen molar-refractivity contribution in [2.45, 2.75) is 6.42 Å². The fraction of sp³-hybridized carbons (Fsp3) is 0.381. The molecule has 0 radical (unpaired) electrons. The molecule has 4 rings (SSSR count). The van der Waals surface area contributed by atoms with Crippen LogP contribution in [0.5, 0.6) is 0 Å². The predicted molar refractivity (Wildman–Crippen MR) is 113 cm³/mol. The summed E-state index contributed by atoms with van der Waals surface area (Å²) in [6, 6.07) is 10.2. The molecule has 0 aliphatic carbocycles. The molecular formula is C21H26N6O2. The number of amides is 1. The lowest BCUT2D eigenvalue weighted by Crippen LogP contribution is -2.40. The summed E-state index contributed by atoms with van der Waals surface area (Å²) in [4.78, 5) is 21.4. The van der Waals surface area contributed by atoms with Gasteiger partial charge in [-0.05, 0) is 23.8 Å². The molecule has 1 aliphatic rings. The summed E-state index contributed by atoms with van der Waals surface area (Å²) < 4.78 is 6.86. The maximum absolute atomic E-state index is 12.6. The lowest BCUT2D eigenvalue weighted by molar-refractivity contribution is -0.131. The molecule has 0 unspecified atom stereocenters. The van der Waals surface area contributed by atoms with Crippen molar-refractivity contribution in [3.63, 3.8) is 0 Å². The number of fused-ring (bicyclic) bond motifs is 4. The van der Waals surface area contributed by atoms with Gasteiger partial charge in [-0.25, -0.2) is 9.50 Å². The van der Waals surface area contributed by atoms with Crippen molar-refractivity contribution in [1.82, 2.24) is 19.5 Å². The molecule has 1 amide bonds. The molecule has 1 aliphatic heterocycles. The molecule has 8 nitrogen and oxygen atoms in total. The van der Waals surface area contributed by atoms with E-state index in [0.717, 1.165) is 34.8 Å². The minimum Gasteiger partial charge on any atom is -0.384 e. The number of carbonyl (C=O) groups excluding carboxylic acids is 1. The molecule has 3 aromatic rings. The highest BCUT2D eigenvalue weighted by Gasteiger charge is 2.16. The molecule has 0 atom stereocenters. The van der Waals surface area contributed by atoms with Crippen LogP contribution in [0.1, 0.15) is 6.42 Å². The van der Waals surface area contributed by atoms with Crippen LogP contribution in [0.25, 0.3) is 16.8 Å². The third-order valence-corrected chi connectivity index (χ3v) is 5.23. The van der Waals surface area contributed by atoms with E-state index >= 15 is 0 Å². The number of nitrogens with one attached hydrogen (secondary N) is 1. The first-order valence-corrected chi connectivity index (χ1v) is 9.82. The van der Waals surface area contributed by atoms with E-state index in [1.807, 2.05) is 36.5 Å². The number of carbonyl (C=O) groups is 1. The number of aromatic nitrogens is 3. The van der Waals surface area contributed by atoms with Crippen molar-refractivity contribution in [3.8, 4) is 11.1 Å². The minimum atomic E-state index is 0.101. The molecule has 8 heteroatoms. The van der Waals surface area contributed by atoms with E-state index in [2.05, 4.69) is 33.5 Å². The molecule has 0 saturated heterocycles. The number of ether oxygens (including phenoxy) is 1. The van der Waals surface area contributed by atoms with Crippen LogP contribution in [0, 0.1) is 0 Å². The number of hydrogen-bond acceptors (Lipinski definition) is 6. The first-order valence-electron chi connectivity index (χ1n) is 9.82. The second-order valence-corrected chi connectivity index (χ2v) is 7.16. The Labute approximate surface area is 170 Å². The zero-order chi connectivity index (χ0) is 20.2. The lowest BCUT2D eigenvalue weighted by atomic mass is 10.1. The SMILES string of the molecule is COCCC(=O)N1CCNc2ccn3ncc(c3n2)-c2cccc(c2)N(C)CC1. The van der Waals surface area contributed by atoms with Crippen molar-refractivity contribution < 1.29 is 9.53 Å². The Balaban J connectivity index is 1.68. The number of benzene rings is 1. The van der Waals surface area contributed by atoms with E-state index in [9.17, 15) is 4.79 Å². The van der Waals surface area contributed by atoms with Gasteiger partial charge in [-0.2, -0.15) is 5.10 Å². The van der Waals surface area contributed by atoms with Gasteiger partial charge in [0.15, 0.2) is 5.65 Å². The van der Waals surface area contributed by atoms with Crippen molar-refractivity contribution in [2.24, 2.45) is 0 Å². The number of hydrogen-bond donors (Lipinski definition) is 1. The van der Waals surface area contributed by atoms with Crippen molar-refractivity contribution in [2.75, 3.05) is 57.2 Å². The molecule has 0 spiro atoms. The zero-order valence-corrected chi connectivity index (χ0v) is 16.8. The molecule has 0 fully saturated rings. The summed E-state index contributed by atoms with van der Waals surface area (Å²) in [6.07, 6.45) is 4.14. The quantitative estimate of drug-likeness (QED) is 0.734. The maximum atomic E-state index is 12.6. The first-order chi connectivity index (χ1) is 14.2. The van der Waals surface area contributed by atoms with Crippen LogP contribution in [0.4, 0.5) is 11.5 Å². The Hall–Kier alpha value is -3.13. The third kappa shape index (κ3) is 4.17. The molecule has 2 aromatic heterocycles. The van der Waals surface area contributed by atoms with Crippen LogP contribution >= 0.6 is 0 Å². The van der Waals surface area contributed by atoms with Crippen LogP contribution < -0.4 is 10.2 Å². The van der Waals surface area contributed by atoms with Gasteiger partial charge in [-0.15, -0.1) is 0 Å². The normalized spacial score (nSPS) is 14.7. The molecular weight excluding hydrogens is 368 g/mol. The van der Waals surface area contributed by atoms with Crippen LogP contribution in [-0.4, -0.2) is 72.3 Å². The van der Waals surface area contributed by atoms with Crippen LogP contribution in [0.3, 0.4) is 0 Å². The van der Waals surface area contributed by atoms with Crippen LogP contribution in [-0.2, 0) is 9.53 Å². The Morgan fingerprint density at radius 2 is 2.14 bits per heavy atom. The van der Waals surface area contributed by atoms with E-state index in [1.165, 1.54) is 0 Å². The maximum Gasteiger partial charge on any atom is 0.225 e. The van der Waals surface area contributed by atoms with Gasteiger partial charge < -0.3 is 19.9 Å². The number of methoxy groups -OCH3 is 1.